The maximum Gasteiger partial charge on any atom is 0.131 e. The summed E-state index contributed by atoms with van der Waals surface area (Å²) in [6.45, 7) is 4.11. The summed E-state index contributed by atoms with van der Waals surface area (Å²) in [7, 11) is 0. The predicted octanol–water partition coefficient (Wildman–Crippen LogP) is 4.96. The predicted molar refractivity (Wildman–Crippen MR) is 82.6 cm³/mol. The van der Waals surface area contributed by atoms with Crippen LogP contribution in [0.4, 0.5) is 0 Å². The number of ether oxygens (including phenoxy) is 1. The molecule has 0 radical (unpaired) electrons. The van der Waals surface area contributed by atoms with Crippen LogP contribution in [-0.2, 0) is 0 Å². The molecule has 0 unspecified atom stereocenters. The summed E-state index contributed by atoms with van der Waals surface area (Å²) < 4.78 is 6.90. The van der Waals surface area contributed by atoms with Crippen LogP contribution >= 0.6 is 15.9 Å². The SMILES string of the molecule is CC[C@@H](N)c1ccc(Oc2cc(Br)ccc2C)cc1. The first-order chi connectivity index (χ1) is 9.10. The van der Waals surface area contributed by atoms with Crippen LogP contribution in [-0.4, -0.2) is 0 Å². The molecular weight excluding hydrogens is 302 g/mol. The fourth-order valence-corrected chi connectivity index (χ4v) is 2.17. The molecular formula is C16H18BrNO. The molecule has 0 aliphatic carbocycles. The van der Waals surface area contributed by atoms with Gasteiger partial charge in [-0.2, -0.15) is 0 Å². The monoisotopic (exact) mass is 319 g/mol. The van der Waals surface area contributed by atoms with Gasteiger partial charge < -0.3 is 10.5 Å². The largest absolute Gasteiger partial charge is 0.457 e. The van der Waals surface area contributed by atoms with Crippen LogP contribution in [0.15, 0.2) is 46.9 Å². The topological polar surface area (TPSA) is 35.2 Å². The van der Waals surface area contributed by atoms with Crippen LogP contribution in [0.1, 0.15) is 30.5 Å². The summed E-state index contributed by atoms with van der Waals surface area (Å²) >= 11 is 3.45. The lowest BCUT2D eigenvalue weighted by molar-refractivity contribution is 0.478. The molecule has 0 spiro atoms. The minimum absolute atomic E-state index is 0.0988. The Hall–Kier alpha value is -1.32. The van der Waals surface area contributed by atoms with Gasteiger partial charge in [-0.15, -0.1) is 0 Å². The maximum absolute atomic E-state index is 5.99. The van der Waals surface area contributed by atoms with E-state index < -0.39 is 0 Å². The first-order valence-electron chi connectivity index (χ1n) is 6.39. The van der Waals surface area contributed by atoms with Gasteiger partial charge in [0.25, 0.3) is 0 Å². The fraction of sp³-hybridized carbons (Fsp3) is 0.250. The minimum atomic E-state index is 0.0988. The standard InChI is InChI=1S/C16H18BrNO/c1-3-15(18)12-5-8-14(9-6-12)19-16-10-13(17)7-4-11(16)2/h4-10,15H,3,18H2,1-2H3/t15-/m1/s1. The molecule has 0 amide bonds. The summed E-state index contributed by atoms with van der Waals surface area (Å²) in [6.07, 6.45) is 0.935. The Labute approximate surface area is 122 Å². The summed E-state index contributed by atoms with van der Waals surface area (Å²) in [5.74, 6) is 1.69. The zero-order valence-electron chi connectivity index (χ0n) is 11.2. The molecule has 0 saturated heterocycles. The zero-order valence-corrected chi connectivity index (χ0v) is 12.8. The molecule has 0 saturated carbocycles. The lowest BCUT2D eigenvalue weighted by Crippen LogP contribution is -2.08. The third-order valence-electron chi connectivity index (χ3n) is 3.13. The van der Waals surface area contributed by atoms with Crippen LogP contribution in [0.25, 0.3) is 0 Å². The first kappa shape index (κ1) is 14.1. The highest BCUT2D eigenvalue weighted by Gasteiger charge is 2.05. The summed E-state index contributed by atoms with van der Waals surface area (Å²) in [6, 6.07) is 14.1. The molecule has 100 valence electrons. The van der Waals surface area contributed by atoms with E-state index in [0.29, 0.717) is 0 Å². The zero-order chi connectivity index (χ0) is 13.8. The Morgan fingerprint density at radius 1 is 1.16 bits per heavy atom. The van der Waals surface area contributed by atoms with Gasteiger partial charge in [-0.25, -0.2) is 0 Å². The van der Waals surface area contributed by atoms with Crippen molar-refractivity contribution in [3.05, 3.63) is 58.1 Å². The summed E-state index contributed by atoms with van der Waals surface area (Å²) in [4.78, 5) is 0. The lowest BCUT2D eigenvalue weighted by Gasteiger charge is -2.12. The van der Waals surface area contributed by atoms with Crippen LogP contribution < -0.4 is 10.5 Å². The van der Waals surface area contributed by atoms with Crippen molar-refractivity contribution in [3.8, 4) is 11.5 Å². The van der Waals surface area contributed by atoms with E-state index in [0.717, 1.165) is 33.5 Å². The average molecular weight is 320 g/mol. The number of aryl methyl sites for hydroxylation is 1. The van der Waals surface area contributed by atoms with Gasteiger partial charge in [0.1, 0.15) is 11.5 Å². The van der Waals surface area contributed by atoms with Gasteiger partial charge in [0, 0.05) is 10.5 Å². The van der Waals surface area contributed by atoms with E-state index in [1.165, 1.54) is 0 Å². The first-order valence-corrected chi connectivity index (χ1v) is 7.19. The Morgan fingerprint density at radius 3 is 2.47 bits per heavy atom. The van der Waals surface area contributed by atoms with Crippen molar-refractivity contribution in [1.29, 1.82) is 0 Å². The third kappa shape index (κ3) is 3.58. The molecule has 2 nitrogen and oxygen atoms in total. The molecule has 2 aromatic rings. The molecule has 2 aromatic carbocycles. The van der Waals surface area contributed by atoms with E-state index in [1.54, 1.807) is 0 Å². The summed E-state index contributed by atoms with van der Waals surface area (Å²) in [5, 5.41) is 0. The molecule has 0 aromatic heterocycles. The fourth-order valence-electron chi connectivity index (χ4n) is 1.83. The number of hydrogen-bond donors (Lipinski definition) is 1. The molecule has 19 heavy (non-hydrogen) atoms. The number of rotatable bonds is 4. The van der Waals surface area contributed by atoms with Gasteiger partial charge in [0.05, 0.1) is 0 Å². The molecule has 2 rings (SSSR count). The van der Waals surface area contributed by atoms with Crippen LogP contribution in [0.3, 0.4) is 0 Å². The lowest BCUT2D eigenvalue weighted by atomic mass is 10.1. The normalized spacial score (nSPS) is 12.2. The summed E-state index contributed by atoms with van der Waals surface area (Å²) in [5.41, 5.74) is 8.24. The van der Waals surface area contributed by atoms with E-state index >= 15 is 0 Å². The second-order valence-electron chi connectivity index (χ2n) is 4.60. The molecule has 0 fully saturated rings. The molecule has 2 N–H and O–H groups in total. The van der Waals surface area contributed by atoms with E-state index in [4.69, 9.17) is 10.5 Å². The highest BCUT2D eigenvalue weighted by atomic mass is 79.9. The van der Waals surface area contributed by atoms with Gasteiger partial charge >= 0.3 is 0 Å². The number of benzene rings is 2. The second-order valence-corrected chi connectivity index (χ2v) is 5.51. The van der Waals surface area contributed by atoms with E-state index in [1.807, 2.05) is 49.4 Å². The Morgan fingerprint density at radius 2 is 1.84 bits per heavy atom. The van der Waals surface area contributed by atoms with Gasteiger partial charge in [0.15, 0.2) is 0 Å². The van der Waals surface area contributed by atoms with Crippen LogP contribution in [0, 0.1) is 6.92 Å². The van der Waals surface area contributed by atoms with Crippen LogP contribution in [0.5, 0.6) is 11.5 Å². The molecule has 3 heteroatoms. The van der Waals surface area contributed by atoms with Crippen molar-refractivity contribution in [1.82, 2.24) is 0 Å². The Bertz CT molecular complexity index is 551. The van der Waals surface area contributed by atoms with Crippen LogP contribution in [0.2, 0.25) is 0 Å². The van der Waals surface area contributed by atoms with Crippen molar-refractivity contribution in [2.75, 3.05) is 0 Å². The highest BCUT2D eigenvalue weighted by Crippen LogP contribution is 2.28. The van der Waals surface area contributed by atoms with Gasteiger partial charge in [-0.05, 0) is 48.7 Å². The van der Waals surface area contributed by atoms with Gasteiger partial charge in [-0.1, -0.05) is 41.1 Å². The number of nitrogens with two attached hydrogens (primary N) is 1. The van der Waals surface area contributed by atoms with E-state index in [-0.39, 0.29) is 6.04 Å². The van der Waals surface area contributed by atoms with Gasteiger partial charge in [-0.3, -0.25) is 0 Å². The molecule has 0 bridgehead atoms. The average Bonchev–Trinajstić information content (AvgIpc) is 2.43. The molecule has 0 aliphatic rings. The minimum Gasteiger partial charge on any atom is -0.457 e. The second kappa shape index (κ2) is 6.22. The quantitative estimate of drug-likeness (QED) is 0.864. The smallest absolute Gasteiger partial charge is 0.131 e. The van der Waals surface area contributed by atoms with Crippen molar-refractivity contribution in [2.45, 2.75) is 26.3 Å². The molecule has 0 aliphatic heterocycles. The van der Waals surface area contributed by atoms with Gasteiger partial charge in [0.2, 0.25) is 0 Å². The van der Waals surface area contributed by atoms with E-state index in [2.05, 4.69) is 22.9 Å². The number of hydrogen-bond acceptors (Lipinski definition) is 2. The maximum atomic E-state index is 5.99. The highest BCUT2D eigenvalue weighted by molar-refractivity contribution is 9.10. The van der Waals surface area contributed by atoms with Crippen molar-refractivity contribution in [3.63, 3.8) is 0 Å². The van der Waals surface area contributed by atoms with Crippen molar-refractivity contribution in [2.24, 2.45) is 5.73 Å². The van der Waals surface area contributed by atoms with E-state index in [9.17, 15) is 0 Å². The number of halogens is 1. The third-order valence-corrected chi connectivity index (χ3v) is 3.62. The van der Waals surface area contributed by atoms with Crippen molar-refractivity contribution >= 4 is 15.9 Å². The molecule has 1 atom stereocenters. The van der Waals surface area contributed by atoms with Crippen molar-refractivity contribution < 1.29 is 4.74 Å². The Kier molecular flexibility index (Phi) is 4.61. The Balaban J connectivity index is 2.17. The molecule has 0 heterocycles.